The van der Waals surface area contributed by atoms with Gasteiger partial charge in [0.05, 0.1) is 24.2 Å². The van der Waals surface area contributed by atoms with Crippen molar-refractivity contribution in [1.29, 1.82) is 0 Å². The highest BCUT2D eigenvalue weighted by Crippen LogP contribution is 2.24. The van der Waals surface area contributed by atoms with E-state index in [1.54, 1.807) is 35.2 Å². The van der Waals surface area contributed by atoms with E-state index in [0.29, 0.717) is 35.0 Å². The lowest BCUT2D eigenvalue weighted by Gasteiger charge is -2.09. The summed E-state index contributed by atoms with van der Waals surface area (Å²) < 4.78 is 34.0. The predicted molar refractivity (Wildman–Crippen MR) is 107 cm³/mol. The monoisotopic (exact) mass is 427 g/mol. The maximum Gasteiger partial charge on any atom is 0.234 e. The smallest absolute Gasteiger partial charge is 0.234 e. The van der Waals surface area contributed by atoms with Gasteiger partial charge >= 0.3 is 0 Å². The van der Waals surface area contributed by atoms with Crippen LogP contribution < -0.4 is 5.32 Å². The van der Waals surface area contributed by atoms with Crippen LogP contribution in [0.2, 0.25) is 0 Å². The first-order valence-electron chi connectivity index (χ1n) is 8.85. The minimum atomic E-state index is -0.841. The van der Waals surface area contributed by atoms with Crippen molar-refractivity contribution < 1.29 is 18.0 Å². The van der Waals surface area contributed by atoms with Crippen LogP contribution in [0.15, 0.2) is 70.6 Å². The number of hydrogen-bond acceptors (Lipinski definition) is 6. The summed E-state index contributed by atoms with van der Waals surface area (Å²) in [5, 5.41) is 11.3. The molecule has 7 nitrogen and oxygen atoms in total. The number of amides is 1. The van der Waals surface area contributed by atoms with Gasteiger partial charge in [-0.05, 0) is 36.4 Å². The molecule has 3 aromatic heterocycles. The number of nitrogens with one attached hydrogen (secondary N) is 1. The number of rotatable bonds is 7. The van der Waals surface area contributed by atoms with E-state index in [0.717, 1.165) is 17.8 Å². The molecule has 1 aromatic carbocycles. The number of benzene rings is 1. The quantitative estimate of drug-likeness (QED) is 0.449. The van der Waals surface area contributed by atoms with Crippen LogP contribution in [0.25, 0.3) is 11.5 Å². The summed E-state index contributed by atoms with van der Waals surface area (Å²) in [7, 11) is 0. The van der Waals surface area contributed by atoms with Gasteiger partial charge in [0.15, 0.2) is 11.0 Å². The van der Waals surface area contributed by atoms with Gasteiger partial charge in [-0.3, -0.25) is 14.3 Å². The molecule has 0 unspecified atom stereocenters. The number of carbonyl (C=O) groups is 1. The Kier molecular flexibility index (Phi) is 5.84. The number of aromatic nitrogens is 4. The summed E-state index contributed by atoms with van der Waals surface area (Å²) in [4.78, 5) is 16.6. The van der Waals surface area contributed by atoms with E-state index in [1.165, 1.54) is 6.07 Å². The fourth-order valence-corrected chi connectivity index (χ4v) is 3.43. The normalized spacial score (nSPS) is 10.9. The Morgan fingerprint density at radius 2 is 2.03 bits per heavy atom. The lowest BCUT2D eigenvalue weighted by molar-refractivity contribution is -0.113. The van der Waals surface area contributed by atoms with Crippen LogP contribution in [0.3, 0.4) is 0 Å². The molecule has 0 saturated heterocycles. The maximum absolute atomic E-state index is 13.7. The molecule has 0 saturated carbocycles. The van der Waals surface area contributed by atoms with Crippen molar-refractivity contribution in [3.8, 4) is 11.5 Å². The van der Waals surface area contributed by atoms with Gasteiger partial charge in [-0.2, -0.15) is 0 Å². The average Bonchev–Trinajstić information content (AvgIpc) is 3.40. The summed E-state index contributed by atoms with van der Waals surface area (Å²) in [6, 6.07) is 12.0. The topological polar surface area (TPSA) is 85.8 Å². The number of hydrogen-bond donors (Lipinski definition) is 1. The molecule has 1 N–H and O–H groups in total. The summed E-state index contributed by atoms with van der Waals surface area (Å²) in [5.41, 5.74) is 0.537. The Morgan fingerprint density at radius 3 is 2.77 bits per heavy atom. The van der Waals surface area contributed by atoms with Gasteiger partial charge in [0.2, 0.25) is 5.91 Å². The van der Waals surface area contributed by atoms with E-state index in [2.05, 4.69) is 20.5 Å². The molecule has 0 bridgehead atoms. The number of nitrogens with zero attached hydrogens (tertiary/aromatic N) is 4. The highest BCUT2D eigenvalue weighted by Gasteiger charge is 2.18. The standard InChI is InChI=1S/C20H15F2N5O2S/c21-13-6-7-16(15(22)10-13)24-18(28)12-30-20-26-25-19(17-5-1-2-8-23-17)27(20)11-14-4-3-9-29-14/h1-10H,11-12H2,(H,24,28). The molecule has 3 heterocycles. The highest BCUT2D eigenvalue weighted by molar-refractivity contribution is 7.99. The molecular weight excluding hydrogens is 412 g/mol. The summed E-state index contributed by atoms with van der Waals surface area (Å²) in [6.45, 7) is 0.350. The zero-order valence-corrected chi connectivity index (χ0v) is 16.3. The lowest BCUT2D eigenvalue weighted by Crippen LogP contribution is -2.16. The molecule has 1 amide bonds. The Balaban J connectivity index is 1.52. The summed E-state index contributed by atoms with van der Waals surface area (Å²) >= 11 is 1.13. The molecule has 0 spiro atoms. The van der Waals surface area contributed by atoms with E-state index in [4.69, 9.17) is 4.42 Å². The van der Waals surface area contributed by atoms with Crippen molar-refractivity contribution in [2.45, 2.75) is 11.7 Å². The van der Waals surface area contributed by atoms with Crippen LogP contribution >= 0.6 is 11.8 Å². The SMILES string of the molecule is O=C(CSc1nnc(-c2ccccn2)n1Cc1ccco1)Nc1ccc(F)cc1F. The molecule has 30 heavy (non-hydrogen) atoms. The highest BCUT2D eigenvalue weighted by atomic mass is 32.2. The lowest BCUT2D eigenvalue weighted by atomic mass is 10.3. The minimum absolute atomic E-state index is 0.0463. The molecule has 4 aromatic rings. The summed E-state index contributed by atoms with van der Waals surface area (Å²) in [6.07, 6.45) is 3.22. The number of pyridine rings is 1. The fraction of sp³-hybridized carbons (Fsp3) is 0.100. The number of anilines is 1. The number of carbonyl (C=O) groups excluding carboxylic acids is 1. The van der Waals surface area contributed by atoms with Crippen LogP contribution in [0.1, 0.15) is 5.76 Å². The number of halogens is 2. The van der Waals surface area contributed by atoms with Crippen molar-refractivity contribution in [1.82, 2.24) is 19.7 Å². The Labute approximate surface area is 174 Å². The zero-order valence-electron chi connectivity index (χ0n) is 15.5. The van der Waals surface area contributed by atoms with Gasteiger partial charge in [-0.1, -0.05) is 17.8 Å². The minimum Gasteiger partial charge on any atom is -0.467 e. The number of thioether (sulfide) groups is 1. The third-order valence-electron chi connectivity index (χ3n) is 4.04. The second-order valence-electron chi connectivity index (χ2n) is 6.15. The molecule has 4 rings (SSSR count). The van der Waals surface area contributed by atoms with Gasteiger partial charge < -0.3 is 9.73 Å². The van der Waals surface area contributed by atoms with Crippen LogP contribution in [0, 0.1) is 11.6 Å². The van der Waals surface area contributed by atoms with Gasteiger partial charge in [-0.25, -0.2) is 8.78 Å². The van der Waals surface area contributed by atoms with Gasteiger partial charge in [0.25, 0.3) is 0 Å². The van der Waals surface area contributed by atoms with Gasteiger partial charge in [0, 0.05) is 12.3 Å². The third kappa shape index (κ3) is 4.54. The Morgan fingerprint density at radius 1 is 1.13 bits per heavy atom. The largest absolute Gasteiger partial charge is 0.467 e. The molecule has 0 aliphatic heterocycles. The van der Waals surface area contributed by atoms with E-state index < -0.39 is 17.5 Å². The molecule has 0 aliphatic rings. The first kappa shape index (κ1) is 19.8. The van der Waals surface area contributed by atoms with Crippen molar-refractivity contribution >= 4 is 23.4 Å². The van der Waals surface area contributed by atoms with Crippen molar-refractivity contribution in [3.63, 3.8) is 0 Å². The summed E-state index contributed by atoms with van der Waals surface area (Å²) in [5.74, 6) is -0.849. The van der Waals surface area contributed by atoms with Crippen molar-refractivity contribution in [2.24, 2.45) is 0 Å². The Bertz CT molecular complexity index is 1150. The molecule has 152 valence electrons. The first-order chi connectivity index (χ1) is 14.6. The van der Waals surface area contributed by atoms with Crippen LogP contribution in [0.4, 0.5) is 14.5 Å². The molecule has 0 fully saturated rings. The van der Waals surface area contributed by atoms with E-state index in [1.807, 2.05) is 12.1 Å². The molecule has 10 heteroatoms. The van der Waals surface area contributed by atoms with E-state index >= 15 is 0 Å². The Hall–Kier alpha value is -3.53. The fourth-order valence-electron chi connectivity index (χ4n) is 2.69. The third-order valence-corrected chi connectivity index (χ3v) is 5.01. The average molecular weight is 427 g/mol. The molecule has 0 aliphatic carbocycles. The zero-order chi connectivity index (χ0) is 20.9. The second kappa shape index (κ2) is 8.87. The molecule has 0 radical (unpaired) electrons. The van der Waals surface area contributed by atoms with Crippen LogP contribution in [0.5, 0.6) is 0 Å². The maximum atomic E-state index is 13.7. The second-order valence-corrected chi connectivity index (χ2v) is 7.09. The van der Waals surface area contributed by atoms with E-state index in [9.17, 15) is 13.6 Å². The molecule has 0 atom stereocenters. The predicted octanol–water partition coefficient (Wildman–Crippen LogP) is 3.99. The molecular formula is C20H15F2N5O2S. The van der Waals surface area contributed by atoms with Crippen LogP contribution in [-0.2, 0) is 11.3 Å². The van der Waals surface area contributed by atoms with Crippen molar-refractivity contribution in [2.75, 3.05) is 11.1 Å². The van der Waals surface area contributed by atoms with Gasteiger partial charge in [-0.15, -0.1) is 10.2 Å². The van der Waals surface area contributed by atoms with Crippen molar-refractivity contribution in [3.05, 3.63) is 78.4 Å². The van der Waals surface area contributed by atoms with E-state index in [-0.39, 0.29) is 11.4 Å². The van der Waals surface area contributed by atoms with Gasteiger partial charge in [0.1, 0.15) is 23.1 Å². The number of furan rings is 1. The van der Waals surface area contributed by atoms with Crippen LogP contribution in [-0.4, -0.2) is 31.4 Å². The first-order valence-corrected chi connectivity index (χ1v) is 9.83.